The number of alkyl halides is 3. The van der Waals surface area contributed by atoms with Crippen molar-refractivity contribution in [3.8, 4) is 0 Å². The molecule has 0 unspecified atom stereocenters. The van der Waals surface area contributed by atoms with Crippen LogP contribution in [0.2, 0.25) is 0 Å². The minimum absolute atomic E-state index is 0.147. The molecule has 1 aliphatic rings. The number of amides is 4. The Hall–Kier alpha value is -3.80. The Bertz CT molecular complexity index is 1120. The molecule has 1 saturated heterocycles. The molecule has 9 nitrogen and oxygen atoms in total. The van der Waals surface area contributed by atoms with Gasteiger partial charge in [0.15, 0.2) is 0 Å². The number of urea groups is 1. The van der Waals surface area contributed by atoms with Crippen LogP contribution in [0.1, 0.15) is 33.5 Å². The van der Waals surface area contributed by atoms with E-state index in [0.29, 0.717) is 25.2 Å². The van der Waals surface area contributed by atoms with Gasteiger partial charge in [0.05, 0.1) is 23.4 Å². The number of para-hydroxylation sites is 1. The fourth-order valence-corrected chi connectivity index (χ4v) is 3.93. The third-order valence-electron chi connectivity index (χ3n) is 5.67. The van der Waals surface area contributed by atoms with Crippen LogP contribution in [0.5, 0.6) is 0 Å². The Morgan fingerprint density at radius 3 is 2.60 bits per heavy atom. The van der Waals surface area contributed by atoms with Crippen LogP contribution in [-0.4, -0.2) is 48.4 Å². The number of carbonyl (C=O) groups is 3. The lowest BCUT2D eigenvalue weighted by atomic mass is 10.1. The van der Waals surface area contributed by atoms with E-state index in [0.717, 1.165) is 29.8 Å². The predicted octanol–water partition coefficient (Wildman–Crippen LogP) is 2.21. The van der Waals surface area contributed by atoms with Crippen LogP contribution in [0, 0.1) is 6.92 Å². The predicted molar refractivity (Wildman–Crippen MR) is 124 cm³/mol. The summed E-state index contributed by atoms with van der Waals surface area (Å²) in [6, 6.07) is 7.93. The van der Waals surface area contributed by atoms with Gasteiger partial charge in [-0.2, -0.15) is 13.2 Å². The van der Waals surface area contributed by atoms with Gasteiger partial charge >= 0.3 is 12.2 Å². The van der Waals surface area contributed by atoms with Crippen LogP contribution in [-0.2, 0) is 17.5 Å². The molecule has 3 rings (SSSR count). The highest BCUT2D eigenvalue weighted by molar-refractivity contribution is 6.01. The molecule has 0 aliphatic carbocycles. The number of halogens is 3. The molecular formula is C23H27F3N6O3. The largest absolute Gasteiger partial charge is 0.418 e. The molecule has 1 aliphatic heterocycles. The van der Waals surface area contributed by atoms with Crippen LogP contribution in [0.3, 0.4) is 0 Å². The van der Waals surface area contributed by atoms with Gasteiger partial charge in [0.1, 0.15) is 0 Å². The minimum atomic E-state index is -4.69. The van der Waals surface area contributed by atoms with Crippen LogP contribution in [0.15, 0.2) is 36.4 Å². The molecule has 2 aromatic carbocycles. The Morgan fingerprint density at radius 1 is 1.17 bits per heavy atom. The van der Waals surface area contributed by atoms with Gasteiger partial charge in [-0.25, -0.2) is 4.79 Å². The molecular weight excluding hydrogens is 465 g/mol. The number of nitrogen functional groups attached to an aromatic ring is 1. The van der Waals surface area contributed by atoms with E-state index in [4.69, 9.17) is 11.5 Å². The van der Waals surface area contributed by atoms with E-state index >= 15 is 0 Å². The highest BCUT2D eigenvalue weighted by atomic mass is 19.4. The number of hydrogen-bond donors (Lipinski definition) is 5. The molecule has 1 heterocycles. The number of nitrogens with zero attached hydrogens (tertiary/aromatic N) is 1. The summed E-state index contributed by atoms with van der Waals surface area (Å²) in [5, 5.41) is 7.72. The first-order valence-electron chi connectivity index (χ1n) is 10.9. The molecule has 12 heteroatoms. The molecule has 4 amide bonds. The summed E-state index contributed by atoms with van der Waals surface area (Å²) >= 11 is 0. The number of hydrogen-bond acceptors (Lipinski definition) is 5. The molecule has 1 fully saturated rings. The van der Waals surface area contributed by atoms with Gasteiger partial charge < -0.3 is 27.4 Å². The maximum Gasteiger partial charge on any atom is 0.418 e. The highest BCUT2D eigenvalue weighted by Crippen LogP contribution is 2.34. The molecule has 2 aromatic rings. The van der Waals surface area contributed by atoms with Crippen molar-refractivity contribution in [3.63, 3.8) is 0 Å². The second-order valence-electron chi connectivity index (χ2n) is 8.37. The van der Waals surface area contributed by atoms with Crippen molar-refractivity contribution in [2.24, 2.45) is 5.73 Å². The Labute approximate surface area is 200 Å². The Balaban J connectivity index is 1.49. The average molecular weight is 493 g/mol. The minimum Gasteiger partial charge on any atom is -0.398 e. The van der Waals surface area contributed by atoms with Gasteiger partial charge in [-0.3, -0.25) is 14.5 Å². The highest BCUT2D eigenvalue weighted by Gasteiger charge is 2.34. The van der Waals surface area contributed by atoms with E-state index in [-0.39, 0.29) is 11.6 Å². The first kappa shape index (κ1) is 25.8. The fourth-order valence-electron chi connectivity index (χ4n) is 3.93. The summed E-state index contributed by atoms with van der Waals surface area (Å²) in [4.78, 5) is 37.9. The fraction of sp³-hybridized carbons (Fsp3) is 0.348. The van der Waals surface area contributed by atoms with E-state index in [1.165, 1.54) is 6.07 Å². The van der Waals surface area contributed by atoms with E-state index in [9.17, 15) is 27.6 Å². The third kappa shape index (κ3) is 6.85. The molecule has 188 valence electrons. The van der Waals surface area contributed by atoms with Crippen molar-refractivity contribution in [1.82, 2.24) is 15.5 Å². The van der Waals surface area contributed by atoms with E-state index in [1.807, 2.05) is 25.1 Å². The molecule has 0 saturated carbocycles. The van der Waals surface area contributed by atoms with E-state index in [2.05, 4.69) is 20.9 Å². The van der Waals surface area contributed by atoms with Crippen molar-refractivity contribution in [1.29, 1.82) is 0 Å². The van der Waals surface area contributed by atoms with E-state index in [1.54, 1.807) is 0 Å². The van der Waals surface area contributed by atoms with Gasteiger partial charge in [0.2, 0.25) is 5.91 Å². The normalized spacial score (nSPS) is 16.1. The Kier molecular flexibility index (Phi) is 7.85. The second kappa shape index (κ2) is 10.6. The number of nitrogens with one attached hydrogen (secondary N) is 3. The van der Waals surface area contributed by atoms with E-state index < -0.39 is 41.8 Å². The summed E-state index contributed by atoms with van der Waals surface area (Å²) < 4.78 is 39.0. The lowest BCUT2D eigenvalue weighted by Gasteiger charge is -2.18. The topological polar surface area (TPSA) is 143 Å². The van der Waals surface area contributed by atoms with Crippen molar-refractivity contribution in [3.05, 3.63) is 58.7 Å². The van der Waals surface area contributed by atoms with Crippen LogP contribution >= 0.6 is 0 Å². The molecule has 35 heavy (non-hydrogen) atoms. The zero-order valence-corrected chi connectivity index (χ0v) is 19.0. The number of benzene rings is 2. The molecule has 7 N–H and O–H groups in total. The number of likely N-dealkylation sites (tertiary alicyclic amines) is 1. The molecule has 0 spiro atoms. The van der Waals surface area contributed by atoms with Crippen LogP contribution in [0.4, 0.5) is 29.3 Å². The molecule has 1 atom stereocenters. The summed E-state index contributed by atoms with van der Waals surface area (Å²) in [7, 11) is 0. The standard InChI is InChI=1S/C23H27F3N6O3/c1-13-5-6-14(9-18(13)31-22(28)35)11-32-8-7-15(12-32)30-19(33)10-29-21(34)16-3-2-4-17(20(16)27)23(24,25)26/h2-6,9,15H,7-8,10-12,27H2,1H3,(H,29,34)(H,30,33)(H3,28,31,35)/t15-/m1/s1. The summed E-state index contributed by atoms with van der Waals surface area (Å²) in [6.07, 6.45) is -4.00. The monoisotopic (exact) mass is 492 g/mol. The quantitative estimate of drug-likeness (QED) is 0.377. The van der Waals surface area contributed by atoms with Gasteiger partial charge in [-0.15, -0.1) is 0 Å². The van der Waals surface area contributed by atoms with Gasteiger partial charge in [-0.1, -0.05) is 18.2 Å². The second-order valence-corrected chi connectivity index (χ2v) is 8.37. The van der Waals surface area contributed by atoms with Gasteiger partial charge in [0, 0.05) is 31.4 Å². The lowest BCUT2D eigenvalue weighted by Crippen LogP contribution is -2.43. The molecule has 0 aromatic heterocycles. The number of aryl methyl sites for hydroxylation is 1. The van der Waals surface area contributed by atoms with Crippen LogP contribution < -0.4 is 27.4 Å². The number of primary amides is 1. The van der Waals surface area contributed by atoms with Crippen LogP contribution in [0.25, 0.3) is 0 Å². The number of carbonyl (C=O) groups excluding carboxylic acids is 3. The number of rotatable bonds is 7. The zero-order valence-electron chi connectivity index (χ0n) is 19.0. The van der Waals surface area contributed by atoms with Crippen molar-refractivity contribution in [2.45, 2.75) is 32.1 Å². The SMILES string of the molecule is Cc1ccc(CN2CC[C@@H](NC(=O)CNC(=O)c3cccc(C(F)(F)F)c3N)C2)cc1NC(N)=O. The van der Waals surface area contributed by atoms with Crippen molar-refractivity contribution >= 4 is 29.2 Å². The average Bonchev–Trinajstić information content (AvgIpc) is 3.20. The summed E-state index contributed by atoms with van der Waals surface area (Å²) in [6.45, 7) is 3.37. The summed E-state index contributed by atoms with van der Waals surface area (Å²) in [5.41, 5.74) is 11.1. The van der Waals surface area contributed by atoms with Gasteiger partial charge in [-0.05, 0) is 42.7 Å². The first-order chi connectivity index (χ1) is 16.4. The molecule has 0 bridgehead atoms. The van der Waals surface area contributed by atoms with Crippen molar-refractivity contribution in [2.75, 3.05) is 30.7 Å². The molecule has 0 radical (unpaired) electrons. The number of nitrogens with two attached hydrogens (primary N) is 2. The first-order valence-corrected chi connectivity index (χ1v) is 10.9. The maximum atomic E-state index is 13.0. The number of anilines is 2. The maximum absolute atomic E-state index is 13.0. The smallest absolute Gasteiger partial charge is 0.398 e. The van der Waals surface area contributed by atoms with Crippen molar-refractivity contribution < 1.29 is 27.6 Å². The third-order valence-corrected chi connectivity index (χ3v) is 5.67. The Morgan fingerprint density at radius 2 is 1.91 bits per heavy atom. The lowest BCUT2D eigenvalue weighted by molar-refractivity contribution is -0.137. The summed E-state index contributed by atoms with van der Waals surface area (Å²) in [5.74, 6) is -1.32. The zero-order chi connectivity index (χ0) is 25.8. The van der Waals surface area contributed by atoms with Gasteiger partial charge in [0.25, 0.3) is 5.91 Å².